The van der Waals surface area contributed by atoms with Crippen LogP contribution >= 0.6 is 0 Å². The van der Waals surface area contributed by atoms with Crippen LogP contribution in [0.1, 0.15) is 24.7 Å². The number of pyridine rings is 1. The van der Waals surface area contributed by atoms with Gasteiger partial charge in [-0.25, -0.2) is 17.8 Å². The van der Waals surface area contributed by atoms with E-state index in [1.54, 1.807) is 35.2 Å². The molecule has 1 fully saturated rings. The summed E-state index contributed by atoms with van der Waals surface area (Å²) in [6, 6.07) is 6.79. The highest BCUT2D eigenvalue weighted by Crippen LogP contribution is 2.39. The predicted octanol–water partition coefficient (Wildman–Crippen LogP) is 3.75. The van der Waals surface area contributed by atoms with Gasteiger partial charge in [-0.1, -0.05) is 6.07 Å². The van der Waals surface area contributed by atoms with E-state index in [-0.39, 0.29) is 23.5 Å². The number of nitrogens with one attached hydrogen (secondary N) is 1. The second kappa shape index (κ2) is 8.12. The number of carbonyl (C=O) groups is 1. The number of alkyl halides is 1. The van der Waals surface area contributed by atoms with Gasteiger partial charge in [0.05, 0.1) is 45.6 Å². The van der Waals surface area contributed by atoms with E-state index in [0.29, 0.717) is 46.1 Å². The number of benzene rings is 1. The molecular weight excluding hydrogens is 457 g/mol. The molecule has 2 aliphatic rings. The first kappa shape index (κ1) is 22.4. The van der Waals surface area contributed by atoms with Gasteiger partial charge in [0.1, 0.15) is 17.6 Å². The number of halogens is 1. The van der Waals surface area contributed by atoms with Crippen LogP contribution in [-0.2, 0) is 34.5 Å². The first-order valence-electron chi connectivity index (χ1n) is 10.9. The lowest BCUT2D eigenvalue weighted by molar-refractivity contribution is -0.120. The van der Waals surface area contributed by atoms with Crippen LogP contribution in [0.4, 0.5) is 21.5 Å². The molecule has 176 valence electrons. The van der Waals surface area contributed by atoms with Gasteiger partial charge in [-0.05, 0) is 31.5 Å². The number of hydrogen-bond donors (Lipinski definition) is 1. The lowest BCUT2D eigenvalue weighted by Gasteiger charge is -2.15. The van der Waals surface area contributed by atoms with Crippen LogP contribution in [0.25, 0.3) is 11.3 Å². The zero-order chi connectivity index (χ0) is 24.2. The van der Waals surface area contributed by atoms with Crippen molar-refractivity contribution in [2.24, 2.45) is 18.0 Å². The molecule has 10 heteroatoms. The van der Waals surface area contributed by atoms with Gasteiger partial charge >= 0.3 is 0 Å². The minimum Gasteiger partial charge on any atom is -0.353 e. The number of imidazole rings is 1. The molecule has 3 heterocycles. The third-order valence-electron chi connectivity index (χ3n) is 5.98. The minimum absolute atomic E-state index is 0.0314. The molecule has 0 spiro atoms. The minimum atomic E-state index is -3.58. The lowest BCUT2D eigenvalue weighted by atomic mass is 10.1. The van der Waals surface area contributed by atoms with Crippen molar-refractivity contribution in [3.8, 4) is 11.3 Å². The maximum Gasteiger partial charge on any atom is 0.177 e. The summed E-state index contributed by atoms with van der Waals surface area (Å²) in [4.78, 5) is 25.9. The lowest BCUT2D eigenvalue weighted by Crippen LogP contribution is -2.10. The highest BCUT2D eigenvalue weighted by atomic mass is 32.2. The number of anilines is 2. The Hall–Kier alpha value is -3.40. The van der Waals surface area contributed by atoms with E-state index >= 15 is 0 Å². The van der Waals surface area contributed by atoms with E-state index in [4.69, 9.17) is 0 Å². The molecule has 1 aliphatic carbocycles. The SMILES string of the molecule is CC1=Nc2c(Nc3ccc(-c4cn(C)cn4)cc3S(C)(=O)=O)cc(CC(=O)[C@H]3C[C@H]3F)nc2C1. The highest BCUT2D eigenvalue weighted by Gasteiger charge is 2.43. The Balaban J connectivity index is 1.53. The van der Waals surface area contributed by atoms with Crippen molar-refractivity contribution in [2.75, 3.05) is 11.6 Å². The van der Waals surface area contributed by atoms with Crippen molar-refractivity contribution in [1.82, 2.24) is 14.5 Å². The fourth-order valence-corrected chi connectivity index (χ4v) is 5.02. The molecule has 2 aromatic heterocycles. The van der Waals surface area contributed by atoms with Gasteiger partial charge < -0.3 is 9.88 Å². The molecular formula is C24H24FN5O3S. The van der Waals surface area contributed by atoms with Crippen molar-refractivity contribution in [3.63, 3.8) is 0 Å². The average molecular weight is 482 g/mol. The second-order valence-corrected chi connectivity index (χ2v) is 11.0. The molecule has 8 nitrogen and oxygen atoms in total. The first-order chi connectivity index (χ1) is 16.1. The topological polar surface area (TPSA) is 106 Å². The molecule has 0 amide bonds. The third kappa shape index (κ3) is 4.37. The first-order valence-corrected chi connectivity index (χ1v) is 12.8. The molecule has 3 aromatic rings. The van der Waals surface area contributed by atoms with E-state index in [0.717, 1.165) is 12.0 Å². The Morgan fingerprint density at radius 2 is 2.03 bits per heavy atom. The average Bonchev–Trinajstić information content (AvgIpc) is 3.14. The standard InChI is InChI=1S/C24H24FN5O3S/c1-13-6-19-24(27-13)20(8-15(28-19)9-22(31)16-10-17(16)25)29-18-5-4-14(7-23(18)34(3,32)33)21-11-30(2)12-26-21/h4-5,7-8,11-12,16-17H,6,9-10H2,1-3H3,(H,28,29)/t16-,17+/m0/s1. The van der Waals surface area contributed by atoms with Crippen LogP contribution in [0, 0.1) is 5.92 Å². The maximum absolute atomic E-state index is 13.3. The molecule has 34 heavy (non-hydrogen) atoms. The molecule has 1 aromatic carbocycles. The van der Waals surface area contributed by atoms with Crippen LogP contribution < -0.4 is 5.32 Å². The van der Waals surface area contributed by atoms with E-state index in [2.05, 4.69) is 20.3 Å². The molecule has 5 rings (SSSR count). The Kier molecular flexibility index (Phi) is 5.35. The van der Waals surface area contributed by atoms with Crippen molar-refractivity contribution in [2.45, 2.75) is 37.3 Å². The number of Topliss-reactive ketones (excluding diaryl/α,β-unsaturated/α-hetero) is 1. The Labute approximate surface area is 196 Å². The number of aliphatic imine (C=N–C) groups is 1. The van der Waals surface area contributed by atoms with E-state index < -0.39 is 21.9 Å². The number of nitrogens with zero attached hydrogens (tertiary/aromatic N) is 4. The molecule has 2 atom stereocenters. The molecule has 0 saturated heterocycles. The van der Waals surface area contributed by atoms with Crippen LogP contribution in [0.5, 0.6) is 0 Å². The van der Waals surface area contributed by atoms with Gasteiger partial charge in [-0.3, -0.25) is 14.8 Å². The number of hydrogen-bond acceptors (Lipinski definition) is 7. The third-order valence-corrected chi connectivity index (χ3v) is 7.11. The van der Waals surface area contributed by atoms with Gasteiger partial charge in [0, 0.05) is 43.6 Å². The van der Waals surface area contributed by atoms with Gasteiger partial charge in [0.2, 0.25) is 0 Å². The monoisotopic (exact) mass is 481 g/mol. The zero-order valence-electron chi connectivity index (χ0n) is 19.0. The largest absolute Gasteiger partial charge is 0.353 e. The van der Waals surface area contributed by atoms with E-state index in [1.165, 1.54) is 0 Å². The van der Waals surface area contributed by atoms with Crippen LogP contribution in [0.15, 0.2) is 46.7 Å². The van der Waals surface area contributed by atoms with Crippen molar-refractivity contribution >= 4 is 38.4 Å². The summed E-state index contributed by atoms with van der Waals surface area (Å²) in [6.07, 6.45) is 4.41. The van der Waals surface area contributed by atoms with Crippen LogP contribution in [-0.4, -0.2) is 46.9 Å². The van der Waals surface area contributed by atoms with Gasteiger partial charge in [-0.2, -0.15) is 0 Å². The summed E-state index contributed by atoms with van der Waals surface area (Å²) in [5.74, 6) is -0.710. The Morgan fingerprint density at radius 1 is 1.26 bits per heavy atom. The van der Waals surface area contributed by atoms with Crippen LogP contribution in [0.2, 0.25) is 0 Å². The zero-order valence-corrected chi connectivity index (χ0v) is 19.9. The van der Waals surface area contributed by atoms with Gasteiger partial charge in [0.15, 0.2) is 9.84 Å². The fourth-order valence-electron chi connectivity index (χ4n) is 4.16. The number of rotatable bonds is 7. The number of sulfone groups is 1. The summed E-state index contributed by atoms with van der Waals surface area (Å²) in [5, 5.41) is 3.21. The maximum atomic E-state index is 13.3. The summed E-state index contributed by atoms with van der Waals surface area (Å²) >= 11 is 0. The number of aryl methyl sites for hydroxylation is 1. The predicted molar refractivity (Wildman–Crippen MR) is 127 cm³/mol. The number of ketones is 1. The summed E-state index contributed by atoms with van der Waals surface area (Å²) < 4.78 is 40.4. The van der Waals surface area contributed by atoms with E-state index in [1.807, 2.05) is 20.2 Å². The summed E-state index contributed by atoms with van der Waals surface area (Å²) in [6.45, 7) is 1.89. The van der Waals surface area contributed by atoms with Crippen molar-refractivity contribution in [3.05, 3.63) is 48.2 Å². The van der Waals surface area contributed by atoms with Crippen LogP contribution in [0.3, 0.4) is 0 Å². The quantitative estimate of drug-likeness (QED) is 0.551. The Bertz CT molecular complexity index is 1460. The van der Waals surface area contributed by atoms with Crippen molar-refractivity contribution < 1.29 is 17.6 Å². The summed E-state index contributed by atoms with van der Waals surface area (Å²) in [7, 11) is -1.74. The van der Waals surface area contributed by atoms with Crippen molar-refractivity contribution in [1.29, 1.82) is 0 Å². The normalized spacial score (nSPS) is 19.0. The number of fused-ring (bicyclic) bond motifs is 1. The van der Waals surface area contributed by atoms with E-state index in [9.17, 15) is 17.6 Å². The number of aromatic nitrogens is 3. The molecule has 0 bridgehead atoms. The molecule has 0 radical (unpaired) electrons. The molecule has 1 aliphatic heterocycles. The smallest absolute Gasteiger partial charge is 0.177 e. The number of carbonyl (C=O) groups excluding carboxylic acids is 1. The van der Waals surface area contributed by atoms with Gasteiger partial charge in [-0.15, -0.1) is 0 Å². The second-order valence-electron chi connectivity index (χ2n) is 9.01. The Morgan fingerprint density at radius 3 is 2.68 bits per heavy atom. The van der Waals surface area contributed by atoms with Gasteiger partial charge in [0.25, 0.3) is 0 Å². The summed E-state index contributed by atoms with van der Waals surface area (Å²) in [5.41, 5.74) is 5.01. The fraction of sp³-hybridized carbons (Fsp3) is 0.333. The molecule has 1 saturated carbocycles. The highest BCUT2D eigenvalue weighted by molar-refractivity contribution is 7.90. The molecule has 1 N–H and O–H groups in total. The molecule has 0 unspecified atom stereocenters.